The fourth-order valence-electron chi connectivity index (χ4n) is 2.42. The fraction of sp³-hybridized carbons (Fsp3) is 0.467. The Kier molecular flexibility index (Phi) is 4.09. The van der Waals surface area contributed by atoms with Crippen LogP contribution in [0.4, 0.5) is 0 Å². The van der Waals surface area contributed by atoms with E-state index < -0.39 is 5.54 Å². The van der Waals surface area contributed by atoms with Crippen molar-refractivity contribution < 1.29 is 9.53 Å². The first-order valence-corrected chi connectivity index (χ1v) is 6.75. The van der Waals surface area contributed by atoms with Crippen molar-refractivity contribution in [2.24, 2.45) is 5.73 Å². The molecule has 2 rings (SSSR count). The minimum Gasteiger partial charge on any atom is -0.468 e. The van der Waals surface area contributed by atoms with Gasteiger partial charge in [-0.3, -0.25) is 4.79 Å². The average Bonchev–Trinajstić information content (AvgIpc) is 2.74. The zero-order chi connectivity index (χ0) is 14.8. The second-order valence-electron chi connectivity index (χ2n) is 5.31. The summed E-state index contributed by atoms with van der Waals surface area (Å²) in [6.45, 7) is 4.48. The molecule has 1 atom stereocenters. The largest absolute Gasteiger partial charge is 0.468 e. The third-order valence-corrected chi connectivity index (χ3v) is 3.57. The van der Waals surface area contributed by atoms with E-state index in [1.807, 2.05) is 25.1 Å². The molecule has 0 amide bonds. The molecule has 0 aliphatic heterocycles. The molecule has 0 saturated carbocycles. The van der Waals surface area contributed by atoms with Gasteiger partial charge >= 0.3 is 5.97 Å². The van der Waals surface area contributed by atoms with Gasteiger partial charge in [0.25, 0.3) is 0 Å². The SMILES string of the molecule is COC(=O)C(C)(N)CCCn1c(C)nc2ccccc21. The number of hydrogen-bond acceptors (Lipinski definition) is 4. The Morgan fingerprint density at radius 2 is 2.15 bits per heavy atom. The highest BCUT2D eigenvalue weighted by molar-refractivity contribution is 5.79. The van der Waals surface area contributed by atoms with Gasteiger partial charge in [0.2, 0.25) is 0 Å². The van der Waals surface area contributed by atoms with E-state index in [1.54, 1.807) is 6.92 Å². The highest BCUT2D eigenvalue weighted by Gasteiger charge is 2.28. The van der Waals surface area contributed by atoms with Crippen molar-refractivity contribution in [2.75, 3.05) is 7.11 Å². The molecule has 0 spiro atoms. The predicted molar refractivity (Wildman–Crippen MR) is 78.3 cm³/mol. The fourth-order valence-corrected chi connectivity index (χ4v) is 2.42. The lowest BCUT2D eigenvalue weighted by Gasteiger charge is -2.21. The van der Waals surface area contributed by atoms with Gasteiger partial charge in [-0.15, -0.1) is 0 Å². The molecule has 1 aromatic heterocycles. The van der Waals surface area contributed by atoms with E-state index in [2.05, 4.69) is 15.6 Å². The molecule has 1 heterocycles. The first-order valence-electron chi connectivity index (χ1n) is 6.75. The quantitative estimate of drug-likeness (QED) is 0.847. The Bertz CT molecular complexity index is 617. The van der Waals surface area contributed by atoms with E-state index in [1.165, 1.54) is 7.11 Å². The van der Waals surface area contributed by atoms with Crippen LogP contribution in [0, 0.1) is 6.92 Å². The van der Waals surface area contributed by atoms with Crippen LogP contribution in [0.5, 0.6) is 0 Å². The molecule has 5 nitrogen and oxygen atoms in total. The smallest absolute Gasteiger partial charge is 0.325 e. The molecule has 20 heavy (non-hydrogen) atoms. The van der Waals surface area contributed by atoms with Crippen molar-refractivity contribution in [1.29, 1.82) is 0 Å². The number of nitrogens with zero attached hydrogens (tertiary/aromatic N) is 2. The lowest BCUT2D eigenvalue weighted by molar-refractivity contribution is -0.146. The van der Waals surface area contributed by atoms with Crippen LogP contribution in [0.25, 0.3) is 11.0 Å². The van der Waals surface area contributed by atoms with E-state index in [-0.39, 0.29) is 5.97 Å². The van der Waals surface area contributed by atoms with Crippen LogP contribution in [0.1, 0.15) is 25.6 Å². The number of ether oxygens (including phenoxy) is 1. The number of benzene rings is 1. The Hall–Kier alpha value is -1.88. The zero-order valence-electron chi connectivity index (χ0n) is 12.2. The van der Waals surface area contributed by atoms with E-state index in [9.17, 15) is 4.79 Å². The average molecular weight is 275 g/mol. The molecule has 2 aromatic rings. The Labute approximate surface area is 118 Å². The first-order chi connectivity index (χ1) is 9.45. The van der Waals surface area contributed by atoms with Crippen molar-refractivity contribution in [3.8, 4) is 0 Å². The van der Waals surface area contributed by atoms with E-state index in [0.29, 0.717) is 6.42 Å². The summed E-state index contributed by atoms with van der Waals surface area (Å²) in [5.74, 6) is 0.604. The van der Waals surface area contributed by atoms with Gasteiger partial charge in [-0.05, 0) is 38.8 Å². The third-order valence-electron chi connectivity index (χ3n) is 3.57. The highest BCUT2D eigenvalue weighted by atomic mass is 16.5. The molecule has 0 aliphatic carbocycles. The van der Waals surface area contributed by atoms with Crippen LogP contribution in [0.3, 0.4) is 0 Å². The molecule has 0 radical (unpaired) electrons. The highest BCUT2D eigenvalue weighted by Crippen LogP contribution is 2.18. The van der Waals surface area contributed by atoms with E-state index in [4.69, 9.17) is 10.5 Å². The summed E-state index contributed by atoms with van der Waals surface area (Å²) in [6.07, 6.45) is 1.37. The van der Waals surface area contributed by atoms with Crippen LogP contribution in [-0.4, -0.2) is 28.2 Å². The number of aromatic nitrogens is 2. The number of aryl methyl sites for hydroxylation is 2. The van der Waals surface area contributed by atoms with Crippen molar-refractivity contribution in [2.45, 2.75) is 38.8 Å². The summed E-state index contributed by atoms with van der Waals surface area (Å²) in [5, 5.41) is 0. The summed E-state index contributed by atoms with van der Waals surface area (Å²) in [5.41, 5.74) is 7.14. The lowest BCUT2D eigenvalue weighted by Crippen LogP contribution is -2.45. The second-order valence-corrected chi connectivity index (χ2v) is 5.31. The minimum absolute atomic E-state index is 0.371. The minimum atomic E-state index is -0.932. The second kappa shape index (κ2) is 5.63. The molecular weight excluding hydrogens is 254 g/mol. The van der Waals surface area contributed by atoms with Gasteiger partial charge in [0, 0.05) is 6.54 Å². The summed E-state index contributed by atoms with van der Waals surface area (Å²) in [6, 6.07) is 8.03. The molecule has 5 heteroatoms. The maximum Gasteiger partial charge on any atom is 0.325 e. The Balaban J connectivity index is 2.07. The first kappa shape index (κ1) is 14.5. The molecule has 1 aromatic carbocycles. The lowest BCUT2D eigenvalue weighted by atomic mass is 9.97. The van der Waals surface area contributed by atoms with Gasteiger partial charge in [0.15, 0.2) is 0 Å². The standard InChI is InChI=1S/C15H21N3O2/c1-11-17-12-7-4-5-8-13(12)18(11)10-6-9-15(2,16)14(19)20-3/h4-5,7-8H,6,9-10,16H2,1-3H3. The molecule has 0 fully saturated rings. The number of para-hydroxylation sites is 2. The summed E-state index contributed by atoms with van der Waals surface area (Å²) >= 11 is 0. The number of carbonyl (C=O) groups is 1. The number of esters is 1. The number of nitrogens with two attached hydrogens (primary N) is 1. The number of imidazole rings is 1. The third kappa shape index (κ3) is 2.82. The summed E-state index contributed by atoms with van der Waals surface area (Å²) in [4.78, 5) is 16.1. The topological polar surface area (TPSA) is 70.1 Å². The molecule has 108 valence electrons. The van der Waals surface area contributed by atoms with Crippen LogP contribution in [0.15, 0.2) is 24.3 Å². The van der Waals surface area contributed by atoms with Crippen LogP contribution in [0.2, 0.25) is 0 Å². The van der Waals surface area contributed by atoms with Gasteiger partial charge in [0.05, 0.1) is 18.1 Å². The van der Waals surface area contributed by atoms with E-state index >= 15 is 0 Å². The van der Waals surface area contributed by atoms with Crippen molar-refractivity contribution in [1.82, 2.24) is 9.55 Å². The van der Waals surface area contributed by atoms with Crippen molar-refractivity contribution in [3.05, 3.63) is 30.1 Å². The summed E-state index contributed by atoms with van der Waals surface area (Å²) < 4.78 is 6.87. The number of rotatable bonds is 5. The molecule has 2 N–H and O–H groups in total. The van der Waals surface area contributed by atoms with Crippen LogP contribution < -0.4 is 5.73 Å². The number of carbonyl (C=O) groups excluding carboxylic acids is 1. The number of methoxy groups -OCH3 is 1. The van der Waals surface area contributed by atoms with Crippen LogP contribution in [-0.2, 0) is 16.1 Å². The maximum atomic E-state index is 11.5. The molecule has 1 unspecified atom stereocenters. The molecule has 0 saturated heterocycles. The predicted octanol–water partition coefficient (Wildman–Crippen LogP) is 2.02. The number of fused-ring (bicyclic) bond motifs is 1. The van der Waals surface area contributed by atoms with Crippen molar-refractivity contribution >= 4 is 17.0 Å². The van der Waals surface area contributed by atoms with Gasteiger partial charge in [0.1, 0.15) is 11.4 Å². The van der Waals surface area contributed by atoms with Crippen molar-refractivity contribution in [3.63, 3.8) is 0 Å². The monoisotopic (exact) mass is 275 g/mol. The Morgan fingerprint density at radius 3 is 2.85 bits per heavy atom. The Morgan fingerprint density at radius 1 is 1.45 bits per heavy atom. The molecule has 0 bridgehead atoms. The van der Waals surface area contributed by atoms with Gasteiger partial charge in [-0.1, -0.05) is 12.1 Å². The van der Waals surface area contributed by atoms with Gasteiger partial charge in [-0.2, -0.15) is 0 Å². The van der Waals surface area contributed by atoms with E-state index in [0.717, 1.165) is 29.8 Å². The maximum absolute atomic E-state index is 11.5. The zero-order valence-corrected chi connectivity index (χ0v) is 12.2. The number of hydrogen-bond donors (Lipinski definition) is 1. The normalized spacial score (nSPS) is 14.2. The van der Waals surface area contributed by atoms with Gasteiger partial charge in [-0.25, -0.2) is 4.98 Å². The summed E-state index contributed by atoms with van der Waals surface area (Å²) in [7, 11) is 1.36. The molecular formula is C15H21N3O2. The van der Waals surface area contributed by atoms with Gasteiger partial charge < -0.3 is 15.0 Å². The van der Waals surface area contributed by atoms with Crippen LogP contribution >= 0.6 is 0 Å². The molecule has 0 aliphatic rings.